The molecule has 3 fully saturated rings. The second-order valence-electron chi connectivity index (χ2n) is 7.77. The van der Waals surface area contributed by atoms with Gasteiger partial charge in [-0.05, 0) is 83.6 Å². The van der Waals surface area contributed by atoms with Crippen molar-refractivity contribution in [2.24, 2.45) is 11.8 Å². The fraction of sp³-hybridized carbons (Fsp3) is 1.00. The van der Waals surface area contributed by atoms with Crippen molar-refractivity contribution in [1.82, 2.24) is 15.5 Å². The Morgan fingerprint density at radius 1 is 0.952 bits per heavy atom. The molecule has 2 heterocycles. The van der Waals surface area contributed by atoms with E-state index in [-0.39, 0.29) is 0 Å². The first kappa shape index (κ1) is 15.8. The minimum absolute atomic E-state index is 0.786. The molecule has 21 heavy (non-hydrogen) atoms. The Balaban J connectivity index is 1.47. The molecule has 2 N–H and O–H groups in total. The number of rotatable bonds is 4. The smallest absolute Gasteiger partial charge is 0.0110 e. The van der Waals surface area contributed by atoms with E-state index >= 15 is 0 Å². The van der Waals surface area contributed by atoms with Gasteiger partial charge < -0.3 is 15.5 Å². The maximum absolute atomic E-state index is 4.00. The second kappa shape index (κ2) is 7.94. The highest BCUT2D eigenvalue weighted by molar-refractivity contribution is 4.91. The van der Waals surface area contributed by atoms with Crippen molar-refractivity contribution in [2.75, 3.05) is 33.2 Å². The Bertz CT molecular complexity index is 293. The van der Waals surface area contributed by atoms with Gasteiger partial charge in [-0.2, -0.15) is 0 Å². The lowest BCUT2D eigenvalue weighted by molar-refractivity contribution is 0.163. The molecule has 2 saturated heterocycles. The summed E-state index contributed by atoms with van der Waals surface area (Å²) in [5.74, 6) is 1.81. The molecule has 3 aliphatic rings. The van der Waals surface area contributed by atoms with Crippen LogP contribution in [0.2, 0.25) is 0 Å². The van der Waals surface area contributed by atoms with Crippen molar-refractivity contribution in [1.29, 1.82) is 0 Å². The van der Waals surface area contributed by atoms with Crippen LogP contribution in [0.1, 0.15) is 57.8 Å². The predicted molar refractivity (Wildman–Crippen MR) is 89.6 cm³/mol. The molecule has 0 radical (unpaired) electrons. The third kappa shape index (κ3) is 4.43. The highest BCUT2D eigenvalue weighted by atomic mass is 15.1. The van der Waals surface area contributed by atoms with E-state index in [0.717, 1.165) is 23.9 Å². The summed E-state index contributed by atoms with van der Waals surface area (Å²) in [6.45, 7) is 5.11. The van der Waals surface area contributed by atoms with Crippen LogP contribution in [0.4, 0.5) is 0 Å². The van der Waals surface area contributed by atoms with E-state index in [1.807, 2.05) is 0 Å². The monoisotopic (exact) mass is 293 g/mol. The Kier molecular flexibility index (Phi) is 5.96. The van der Waals surface area contributed by atoms with Crippen LogP contribution in [0, 0.1) is 11.8 Å². The molecule has 0 bridgehead atoms. The van der Waals surface area contributed by atoms with E-state index in [1.165, 1.54) is 84.0 Å². The molecule has 0 spiro atoms. The van der Waals surface area contributed by atoms with Crippen molar-refractivity contribution < 1.29 is 0 Å². The zero-order valence-corrected chi connectivity index (χ0v) is 13.9. The van der Waals surface area contributed by atoms with Crippen LogP contribution < -0.4 is 10.6 Å². The standard InChI is InChI=1S/C18H35N3/c1-21-12-9-15(10-13-21)14-20-18-7-3-2-6-16(18)17-8-4-5-11-19-17/h15-20H,2-14H2,1H3. The number of likely N-dealkylation sites (tertiary alicyclic amines) is 1. The molecule has 3 heteroatoms. The maximum atomic E-state index is 4.00. The number of nitrogens with zero attached hydrogens (tertiary/aromatic N) is 1. The molecule has 0 aromatic rings. The first-order chi connectivity index (χ1) is 10.3. The average Bonchev–Trinajstić information content (AvgIpc) is 2.55. The molecule has 122 valence electrons. The Hall–Kier alpha value is -0.120. The summed E-state index contributed by atoms with van der Waals surface area (Å²) in [6, 6.07) is 1.59. The van der Waals surface area contributed by atoms with Gasteiger partial charge in [0.1, 0.15) is 0 Å². The van der Waals surface area contributed by atoms with Crippen molar-refractivity contribution >= 4 is 0 Å². The number of hydrogen-bond donors (Lipinski definition) is 2. The highest BCUT2D eigenvalue weighted by Gasteiger charge is 2.32. The largest absolute Gasteiger partial charge is 0.314 e. The Morgan fingerprint density at radius 2 is 1.71 bits per heavy atom. The van der Waals surface area contributed by atoms with Crippen LogP contribution in [0.5, 0.6) is 0 Å². The molecular formula is C18H35N3. The lowest BCUT2D eigenvalue weighted by atomic mass is 9.77. The molecule has 1 aliphatic carbocycles. The molecule has 0 aromatic carbocycles. The van der Waals surface area contributed by atoms with Gasteiger partial charge in [0.05, 0.1) is 0 Å². The number of hydrogen-bond acceptors (Lipinski definition) is 3. The molecule has 0 aromatic heterocycles. The fourth-order valence-corrected chi connectivity index (χ4v) is 4.72. The lowest BCUT2D eigenvalue weighted by Gasteiger charge is -2.41. The summed E-state index contributed by atoms with van der Waals surface area (Å²) in [5, 5.41) is 7.81. The molecule has 3 nitrogen and oxygen atoms in total. The van der Waals surface area contributed by atoms with E-state index in [1.54, 1.807) is 0 Å². The van der Waals surface area contributed by atoms with E-state index in [2.05, 4.69) is 22.6 Å². The van der Waals surface area contributed by atoms with E-state index < -0.39 is 0 Å². The summed E-state index contributed by atoms with van der Waals surface area (Å²) >= 11 is 0. The summed E-state index contributed by atoms with van der Waals surface area (Å²) in [4.78, 5) is 2.48. The van der Waals surface area contributed by atoms with Crippen LogP contribution >= 0.6 is 0 Å². The predicted octanol–water partition coefficient (Wildman–Crippen LogP) is 2.62. The normalized spacial score (nSPS) is 36.7. The zero-order chi connectivity index (χ0) is 14.5. The number of piperidine rings is 2. The first-order valence-corrected chi connectivity index (χ1v) is 9.48. The molecular weight excluding hydrogens is 258 g/mol. The van der Waals surface area contributed by atoms with Crippen LogP contribution in [0.15, 0.2) is 0 Å². The van der Waals surface area contributed by atoms with E-state index in [9.17, 15) is 0 Å². The van der Waals surface area contributed by atoms with Crippen molar-refractivity contribution in [2.45, 2.75) is 69.9 Å². The molecule has 1 saturated carbocycles. The van der Waals surface area contributed by atoms with Gasteiger partial charge in [0.25, 0.3) is 0 Å². The van der Waals surface area contributed by atoms with Gasteiger partial charge in [-0.15, -0.1) is 0 Å². The summed E-state index contributed by atoms with van der Waals surface area (Å²) in [5.41, 5.74) is 0. The second-order valence-corrected chi connectivity index (χ2v) is 7.77. The summed E-state index contributed by atoms with van der Waals surface area (Å²) in [6.07, 6.45) is 12.8. The third-order valence-electron chi connectivity index (χ3n) is 6.19. The van der Waals surface area contributed by atoms with Crippen molar-refractivity contribution in [3.8, 4) is 0 Å². The zero-order valence-electron chi connectivity index (χ0n) is 13.9. The van der Waals surface area contributed by atoms with Gasteiger partial charge in [-0.25, -0.2) is 0 Å². The van der Waals surface area contributed by atoms with Crippen molar-refractivity contribution in [3.63, 3.8) is 0 Å². The fourth-order valence-electron chi connectivity index (χ4n) is 4.72. The van der Waals surface area contributed by atoms with Gasteiger partial charge >= 0.3 is 0 Å². The minimum atomic E-state index is 0.786. The summed E-state index contributed by atoms with van der Waals surface area (Å²) < 4.78 is 0. The third-order valence-corrected chi connectivity index (χ3v) is 6.19. The van der Waals surface area contributed by atoms with Gasteiger partial charge in [-0.3, -0.25) is 0 Å². The quantitative estimate of drug-likeness (QED) is 0.834. The maximum Gasteiger partial charge on any atom is 0.0110 e. The molecule has 3 atom stereocenters. The van der Waals surface area contributed by atoms with Crippen molar-refractivity contribution in [3.05, 3.63) is 0 Å². The Labute approximate surface area is 131 Å². The van der Waals surface area contributed by atoms with E-state index in [0.29, 0.717) is 0 Å². The van der Waals surface area contributed by atoms with Crippen LogP contribution in [0.25, 0.3) is 0 Å². The molecule has 2 aliphatic heterocycles. The topological polar surface area (TPSA) is 27.3 Å². The first-order valence-electron chi connectivity index (χ1n) is 9.48. The minimum Gasteiger partial charge on any atom is -0.314 e. The van der Waals surface area contributed by atoms with Gasteiger partial charge in [0, 0.05) is 12.1 Å². The molecule has 3 unspecified atom stereocenters. The lowest BCUT2D eigenvalue weighted by Crippen LogP contribution is -2.51. The SMILES string of the molecule is CN1CCC(CNC2CCCCC2C2CCCCN2)CC1. The van der Waals surface area contributed by atoms with Gasteiger partial charge in [-0.1, -0.05) is 19.3 Å². The average molecular weight is 293 g/mol. The van der Waals surface area contributed by atoms with Crippen LogP contribution in [0.3, 0.4) is 0 Å². The van der Waals surface area contributed by atoms with E-state index in [4.69, 9.17) is 0 Å². The van der Waals surface area contributed by atoms with Gasteiger partial charge in [0.2, 0.25) is 0 Å². The van der Waals surface area contributed by atoms with Gasteiger partial charge in [0.15, 0.2) is 0 Å². The number of nitrogens with one attached hydrogen (secondary N) is 2. The molecule has 3 rings (SSSR count). The summed E-state index contributed by atoms with van der Waals surface area (Å²) in [7, 11) is 2.26. The Morgan fingerprint density at radius 3 is 2.48 bits per heavy atom. The van der Waals surface area contributed by atoms with Crippen LogP contribution in [-0.2, 0) is 0 Å². The highest BCUT2D eigenvalue weighted by Crippen LogP contribution is 2.30. The van der Waals surface area contributed by atoms with Crippen LogP contribution in [-0.4, -0.2) is 50.2 Å². The molecule has 0 amide bonds.